The van der Waals surface area contributed by atoms with E-state index in [0.717, 1.165) is 0 Å². The largest absolute Gasteiger partial charge is 0.426 e. The van der Waals surface area contributed by atoms with E-state index in [1.54, 1.807) is 0 Å². The Morgan fingerprint density at radius 1 is 1.17 bits per heavy atom. The van der Waals surface area contributed by atoms with Crippen LogP contribution in [0.2, 0.25) is 0 Å². The molecule has 0 rings (SSSR count). The highest BCUT2D eigenvalue weighted by Gasteiger charge is 2.60. The van der Waals surface area contributed by atoms with Crippen molar-refractivity contribution in [3.63, 3.8) is 0 Å². The zero-order valence-corrected chi connectivity index (χ0v) is 5.93. The molecule has 74 valence electrons. The number of alkyl halides is 6. The first-order valence-corrected chi connectivity index (χ1v) is 3.40. The van der Waals surface area contributed by atoms with Crippen molar-refractivity contribution in [3.8, 4) is 0 Å². The van der Waals surface area contributed by atoms with E-state index in [2.05, 4.69) is 0 Å². The molecule has 0 saturated carbocycles. The van der Waals surface area contributed by atoms with E-state index in [0.29, 0.717) is 0 Å². The van der Waals surface area contributed by atoms with Crippen molar-refractivity contribution in [3.05, 3.63) is 0 Å². The Kier molecular flexibility index (Phi) is 3.12. The molecule has 0 aromatic heterocycles. The number of rotatable bonds is 2. The molecule has 0 spiro atoms. The van der Waals surface area contributed by atoms with E-state index >= 15 is 0 Å². The van der Waals surface area contributed by atoms with Crippen LogP contribution in [-0.4, -0.2) is 26.4 Å². The molecule has 0 amide bonds. The van der Waals surface area contributed by atoms with Gasteiger partial charge in [0, 0.05) is 0 Å². The van der Waals surface area contributed by atoms with Gasteiger partial charge in [0.1, 0.15) is 0 Å². The fraction of sp³-hybridized carbons (Fsp3) is 1.00. The predicted octanol–water partition coefficient (Wildman–Crippen LogP) is 1.70. The summed E-state index contributed by atoms with van der Waals surface area (Å²) in [5.41, 5.74) is 0. The molecule has 1 N–H and O–H groups in total. The second-order valence-electron chi connectivity index (χ2n) is 1.72. The summed E-state index contributed by atoms with van der Waals surface area (Å²) in [6.07, 6.45) is -10.5. The lowest BCUT2D eigenvalue weighted by atomic mass is 10.4. The average Bonchev–Trinajstić information content (AvgIpc) is 1.83. The number of halogens is 6. The Labute approximate surface area is 64.8 Å². The van der Waals surface area contributed by atoms with E-state index in [-0.39, 0.29) is 0 Å². The van der Waals surface area contributed by atoms with Crippen molar-refractivity contribution in [1.82, 2.24) is 0 Å². The predicted molar refractivity (Wildman–Crippen MR) is 26.7 cm³/mol. The van der Waals surface area contributed by atoms with Gasteiger partial charge in [0.05, 0.1) is 0 Å². The monoisotopic (exact) mass is 216 g/mol. The van der Waals surface area contributed by atoms with E-state index < -0.39 is 28.7 Å². The minimum atomic E-state index is -5.85. The summed E-state index contributed by atoms with van der Waals surface area (Å²) in [7, 11) is 0. The molecule has 0 fully saturated rings. The molecule has 2 nitrogen and oxygen atoms in total. The molecule has 2 atom stereocenters. The first-order chi connectivity index (χ1) is 5.10. The molecule has 0 radical (unpaired) electrons. The maximum atomic E-state index is 11.8. The van der Waals surface area contributed by atoms with E-state index in [4.69, 9.17) is 4.55 Å². The third kappa shape index (κ3) is 2.34. The van der Waals surface area contributed by atoms with Crippen molar-refractivity contribution >= 4 is 11.1 Å². The van der Waals surface area contributed by atoms with E-state index in [1.165, 1.54) is 0 Å². The molecule has 0 aromatic rings. The first kappa shape index (κ1) is 11.7. The lowest BCUT2D eigenvalue weighted by molar-refractivity contribution is -0.222. The van der Waals surface area contributed by atoms with Gasteiger partial charge in [0.2, 0.25) is 11.1 Å². The third-order valence-corrected chi connectivity index (χ3v) is 1.49. The molecule has 0 heterocycles. The fourth-order valence-corrected chi connectivity index (χ4v) is 0.590. The molecular formula is C3H2F6O2S. The van der Waals surface area contributed by atoms with Crippen LogP contribution in [-0.2, 0) is 11.1 Å². The summed E-state index contributed by atoms with van der Waals surface area (Å²) < 4.78 is 86.0. The van der Waals surface area contributed by atoms with Gasteiger partial charge in [-0.15, -0.1) is 0 Å². The minimum Gasteiger partial charge on any atom is -0.301 e. The van der Waals surface area contributed by atoms with Crippen LogP contribution in [0.15, 0.2) is 0 Å². The Morgan fingerprint density at radius 3 is 1.58 bits per heavy atom. The molecule has 12 heavy (non-hydrogen) atoms. The van der Waals surface area contributed by atoms with Gasteiger partial charge in [-0.25, -0.2) is 8.60 Å². The quantitative estimate of drug-likeness (QED) is 0.563. The first-order valence-electron chi connectivity index (χ1n) is 2.29. The van der Waals surface area contributed by atoms with Crippen LogP contribution in [0.25, 0.3) is 0 Å². The zero-order valence-electron chi connectivity index (χ0n) is 5.11. The normalized spacial score (nSPS) is 18.9. The highest BCUT2D eigenvalue weighted by Crippen LogP contribution is 2.36. The fourth-order valence-electron chi connectivity index (χ4n) is 0.279. The van der Waals surface area contributed by atoms with Crippen LogP contribution >= 0.6 is 0 Å². The average molecular weight is 216 g/mol. The van der Waals surface area contributed by atoms with Gasteiger partial charge in [-0.1, -0.05) is 0 Å². The van der Waals surface area contributed by atoms with Crippen LogP contribution in [0.4, 0.5) is 26.3 Å². The summed E-state index contributed by atoms with van der Waals surface area (Å²) >= 11 is -4.18. The van der Waals surface area contributed by atoms with Crippen molar-refractivity contribution in [2.75, 3.05) is 0 Å². The molecule has 2 unspecified atom stereocenters. The van der Waals surface area contributed by atoms with Crippen molar-refractivity contribution in [1.29, 1.82) is 0 Å². The molecule has 0 saturated heterocycles. The highest BCUT2D eigenvalue weighted by molar-refractivity contribution is 7.80. The Hall–Kier alpha value is -0.310. The van der Waals surface area contributed by atoms with Gasteiger partial charge in [0.25, 0.3) is 6.17 Å². The third-order valence-electron chi connectivity index (χ3n) is 0.815. The molecule has 0 aliphatic heterocycles. The Morgan fingerprint density at radius 2 is 1.50 bits per heavy atom. The Bertz CT molecular complexity index is 188. The van der Waals surface area contributed by atoms with Crippen LogP contribution in [0.1, 0.15) is 0 Å². The lowest BCUT2D eigenvalue weighted by Crippen LogP contribution is -2.44. The van der Waals surface area contributed by atoms with Gasteiger partial charge in [-0.05, 0) is 0 Å². The highest BCUT2D eigenvalue weighted by atomic mass is 32.2. The van der Waals surface area contributed by atoms with Gasteiger partial charge in [-0.2, -0.15) is 22.0 Å². The molecule has 0 aliphatic rings. The second-order valence-corrected chi connectivity index (χ2v) is 2.76. The van der Waals surface area contributed by atoms with Gasteiger partial charge < -0.3 is 4.55 Å². The molecule has 0 aliphatic carbocycles. The minimum absolute atomic E-state index is 4.18. The standard InChI is InChI=1S/C3H2F6O2S/c4-1(2(5,6)7)3(8,9)12(10)11/h1H,(H,10,11). The van der Waals surface area contributed by atoms with Crippen molar-refractivity contribution in [2.45, 2.75) is 17.6 Å². The summed E-state index contributed by atoms with van der Waals surface area (Å²) in [6, 6.07) is 0. The molecular weight excluding hydrogens is 214 g/mol. The number of hydrogen-bond acceptors (Lipinski definition) is 1. The summed E-state index contributed by atoms with van der Waals surface area (Å²) in [5.74, 6) is 0. The molecule has 0 bridgehead atoms. The maximum absolute atomic E-state index is 11.8. The lowest BCUT2D eigenvalue weighted by Gasteiger charge is -2.18. The Balaban J connectivity index is 4.69. The van der Waals surface area contributed by atoms with Crippen molar-refractivity contribution in [2.24, 2.45) is 0 Å². The van der Waals surface area contributed by atoms with Crippen LogP contribution in [0.3, 0.4) is 0 Å². The van der Waals surface area contributed by atoms with Crippen LogP contribution in [0, 0.1) is 0 Å². The van der Waals surface area contributed by atoms with Crippen LogP contribution in [0.5, 0.6) is 0 Å². The van der Waals surface area contributed by atoms with Gasteiger partial charge >= 0.3 is 11.4 Å². The summed E-state index contributed by atoms with van der Waals surface area (Å²) in [5, 5.41) is -5.32. The summed E-state index contributed by atoms with van der Waals surface area (Å²) in [6.45, 7) is 0. The molecule has 0 aromatic carbocycles. The van der Waals surface area contributed by atoms with E-state index in [1.807, 2.05) is 0 Å². The maximum Gasteiger partial charge on any atom is 0.426 e. The van der Waals surface area contributed by atoms with E-state index in [9.17, 15) is 30.6 Å². The second kappa shape index (κ2) is 3.21. The summed E-state index contributed by atoms with van der Waals surface area (Å²) in [4.78, 5) is 0. The van der Waals surface area contributed by atoms with Crippen molar-refractivity contribution < 1.29 is 35.1 Å². The van der Waals surface area contributed by atoms with Crippen LogP contribution < -0.4 is 0 Å². The van der Waals surface area contributed by atoms with Gasteiger partial charge in [0.15, 0.2) is 0 Å². The topological polar surface area (TPSA) is 37.3 Å². The molecule has 9 heteroatoms. The smallest absolute Gasteiger partial charge is 0.301 e. The number of hydrogen-bond donors (Lipinski definition) is 1. The van der Waals surface area contributed by atoms with Gasteiger partial charge in [-0.3, -0.25) is 0 Å². The zero-order chi connectivity index (χ0) is 10.2. The SMILES string of the molecule is O=S(O)C(F)(F)C(F)C(F)(F)F.